The van der Waals surface area contributed by atoms with Crippen molar-refractivity contribution < 1.29 is 22.7 Å². The molecule has 3 nitrogen and oxygen atoms in total. The molecule has 150 valence electrons. The fourth-order valence-corrected chi connectivity index (χ4v) is 3.93. The van der Waals surface area contributed by atoms with Gasteiger partial charge < -0.3 is 10.1 Å². The molecule has 0 aromatic heterocycles. The lowest BCUT2D eigenvalue weighted by Gasteiger charge is -2.29. The molecule has 0 unspecified atom stereocenters. The van der Waals surface area contributed by atoms with Crippen LogP contribution in [0.1, 0.15) is 49.3 Å². The third kappa shape index (κ3) is 4.01. The van der Waals surface area contributed by atoms with Crippen LogP contribution in [0.2, 0.25) is 0 Å². The number of amides is 1. The Balaban J connectivity index is 1.93. The van der Waals surface area contributed by atoms with Gasteiger partial charge >= 0.3 is 6.18 Å². The van der Waals surface area contributed by atoms with Gasteiger partial charge in [-0.3, -0.25) is 4.79 Å². The van der Waals surface area contributed by atoms with Gasteiger partial charge in [0.25, 0.3) is 0 Å². The van der Waals surface area contributed by atoms with Crippen molar-refractivity contribution in [2.45, 2.75) is 51.1 Å². The number of alkyl halides is 3. The van der Waals surface area contributed by atoms with Gasteiger partial charge in [0.05, 0.1) is 17.6 Å². The molecule has 0 bridgehead atoms. The molecule has 0 spiro atoms. The van der Waals surface area contributed by atoms with Crippen LogP contribution in [-0.2, 0) is 16.4 Å². The first-order chi connectivity index (χ1) is 13.3. The molecule has 28 heavy (non-hydrogen) atoms. The standard InChI is InChI=1S/C22H24F3NO2/c1-3-28-19-10-9-17(14-18(19)22(23,24)25)26-20(27)21(11-4-5-12-21)16-8-6-7-15(2)13-16/h6-10,13-14H,3-5,11-12H2,1-2H3,(H,26,27). The van der Waals surface area contributed by atoms with Gasteiger partial charge in [0.2, 0.25) is 5.91 Å². The topological polar surface area (TPSA) is 38.3 Å². The number of hydrogen-bond donors (Lipinski definition) is 1. The summed E-state index contributed by atoms with van der Waals surface area (Å²) in [6.07, 6.45) is -1.36. The van der Waals surface area contributed by atoms with Gasteiger partial charge in [0, 0.05) is 5.69 Å². The van der Waals surface area contributed by atoms with Crippen molar-refractivity contribution in [1.29, 1.82) is 0 Å². The van der Waals surface area contributed by atoms with Gasteiger partial charge in [0.15, 0.2) is 0 Å². The number of halogens is 3. The number of rotatable bonds is 5. The van der Waals surface area contributed by atoms with E-state index in [1.54, 1.807) is 6.92 Å². The number of aryl methyl sites for hydroxylation is 1. The van der Waals surface area contributed by atoms with Crippen LogP contribution in [0, 0.1) is 6.92 Å². The molecule has 6 heteroatoms. The number of carbonyl (C=O) groups is 1. The van der Waals surface area contributed by atoms with E-state index in [1.165, 1.54) is 12.1 Å². The van der Waals surface area contributed by atoms with Crippen LogP contribution >= 0.6 is 0 Å². The lowest BCUT2D eigenvalue weighted by molar-refractivity contribution is -0.139. The minimum Gasteiger partial charge on any atom is -0.493 e. The third-order valence-corrected chi connectivity index (χ3v) is 5.31. The second-order valence-corrected chi connectivity index (χ2v) is 7.25. The molecule has 1 saturated carbocycles. The molecule has 3 rings (SSSR count). The molecule has 1 aliphatic carbocycles. The van der Waals surface area contributed by atoms with E-state index in [9.17, 15) is 18.0 Å². The highest BCUT2D eigenvalue weighted by molar-refractivity contribution is 5.99. The van der Waals surface area contributed by atoms with E-state index < -0.39 is 17.2 Å². The Morgan fingerprint density at radius 3 is 2.46 bits per heavy atom. The summed E-state index contributed by atoms with van der Waals surface area (Å²) in [5.74, 6) is -0.491. The zero-order chi connectivity index (χ0) is 20.4. The highest BCUT2D eigenvalue weighted by Gasteiger charge is 2.43. The summed E-state index contributed by atoms with van der Waals surface area (Å²) >= 11 is 0. The van der Waals surface area contributed by atoms with Crippen molar-refractivity contribution >= 4 is 11.6 Å². The highest BCUT2D eigenvalue weighted by Crippen LogP contribution is 2.43. The minimum absolute atomic E-state index is 0.125. The van der Waals surface area contributed by atoms with Crippen LogP contribution in [0.5, 0.6) is 5.75 Å². The Morgan fingerprint density at radius 1 is 1.14 bits per heavy atom. The van der Waals surface area contributed by atoms with Crippen molar-refractivity contribution in [3.63, 3.8) is 0 Å². The van der Waals surface area contributed by atoms with Gasteiger partial charge in [-0.05, 0) is 50.5 Å². The summed E-state index contributed by atoms with van der Waals surface area (Å²) in [6.45, 7) is 3.72. The first kappa shape index (κ1) is 20.2. The SMILES string of the molecule is CCOc1ccc(NC(=O)C2(c3cccc(C)c3)CCCC2)cc1C(F)(F)F. The third-order valence-electron chi connectivity index (χ3n) is 5.31. The number of hydrogen-bond acceptors (Lipinski definition) is 2. The van der Waals surface area contributed by atoms with Crippen molar-refractivity contribution in [1.82, 2.24) is 0 Å². The first-order valence-corrected chi connectivity index (χ1v) is 9.49. The zero-order valence-electron chi connectivity index (χ0n) is 16.0. The summed E-state index contributed by atoms with van der Waals surface area (Å²) in [5.41, 5.74) is 0.507. The first-order valence-electron chi connectivity index (χ1n) is 9.49. The van der Waals surface area contributed by atoms with Crippen molar-refractivity contribution in [3.05, 3.63) is 59.2 Å². The van der Waals surface area contributed by atoms with Crippen molar-refractivity contribution in [2.75, 3.05) is 11.9 Å². The maximum absolute atomic E-state index is 13.4. The molecule has 2 aromatic rings. The monoisotopic (exact) mass is 391 g/mol. The van der Waals surface area contributed by atoms with Gasteiger partial charge in [0.1, 0.15) is 5.75 Å². The maximum Gasteiger partial charge on any atom is 0.420 e. The Hall–Kier alpha value is -2.50. The lowest BCUT2D eigenvalue weighted by atomic mass is 9.77. The van der Waals surface area contributed by atoms with E-state index in [0.717, 1.165) is 30.0 Å². The van der Waals surface area contributed by atoms with Crippen LogP contribution in [-0.4, -0.2) is 12.5 Å². The molecular formula is C22H24F3NO2. The van der Waals surface area contributed by atoms with Gasteiger partial charge in [-0.2, -0.15) is 13.2 Å². The van der Waals surface area contributed by atoms with E-state index in [4.69, 9.17) is 4.74 Å². The summed E-state index contributed by atoms with van der Waals surface area (Å²) in [6, 6.07) is 11.5. The molecule has 0 heterocycles. The van der Waals surface area contributed by atoms with E-state index in [1.807, 2.05) is 31.2 Å². The van der Waals surface area contributed by atoms with Crippen LogP contribution in [0.25, 0.3) is 0 Å². The molecule has 0 radical (unpaired) electrons. The van der Waals surface area contributed by atoms with Gasteiger partial charge in [-0.1, -0.05) is 42.7 Å². The average Bonchev–Trinajstić information content (AvgIpc) is 3.13. The molecule has 1 N–H and O–H groups in total. The normalized spacial score (nSPS) is 16.0. The van der Waals surface area contributed by atoms with Crippen LogP contribution in [0.3, 0.4) is 0 Å². The van der Waals surface area contributed by atoms with Crippen molar-refractivity contribution in [2.24, 2.45) is 0 Å². The molecule has 0 aliphatic heterocycles. The quantitative estimate of drug-likeness (QED) is 0.693. The van der Waals surface area contributed by atoms with Gasteiger partial charge in [-0.25, -0.2) is 0 Å². The summed E-state index contributed by atoms with van der Waals surface area (Å²) in [5, 5.41) is 2.73. The number of ether oxygens (including phenoxy) is 1. The van der Waals surface area contributed by atoms with E-state index >= 15 is 0 Å². The molecular weight excluding hydrogens is 367 g/mol. The fourth-order valence-electron chi connectivity index (χ4n) is 3.93. The Morgan fingerprint density at radius 2 is 1.86 bits per heavy atom. The number of benzene rings is 2. The second kappa shape index (κ2) is 7.86. The van der Waals surface area contributed by atoms with Crippen LogP contribution in [0.4, 0.5) is 18.9 Å². The molecule has 1 fully saturated rings. The minimum atomic E-state index is -4.56. The summed E-state index contributed by atoms with van der Waals surface area (Å²) in [4.78, 5) is 13.2. The molecule has 0 saturated heterocycles. The Kier molecular flexibility index (Phi) is 5.68. The lowest BCUT2D eigenvalue weighted by Crippen LogP contribution is -2.38. The Labute approximate surface area is 162 Å². The van der Waals surface area contributed by atoms with Crippen LogP contribution < -0.4 is 10.1 Å². The number of carbonyl (C=O) groups excluding carboxylic acids is 1. The van der Waals surface area contributed by atoms with Gasteiger partial charge in [-0.15, -0.1) is 0 Å². The smallest absolute Gasteiger partial charge is 0.420 e. The molecule has 2 aromatic carbocycles. The molecule has 0 atom stereocenters. The fraction of sp³-hybridized carbons (Fsp3) is 0.409. The van der Waals surface area contributed by atoms with E-state index in [0.29, 0.717) is 12.8 Å². The predicted molar refractivity (Wildman–Crippen MR) is 103 cm³/mol. The predicted octanol–water partition coefficient (Wildman–Crippen LogP) is 5.86. The maximum atomic E-state index is 13.4. The van der Waals surface area contributed by atoms with E-state index in [2.05, 4.69) is 5.32 Å². The highest BCUT2D eigenvalue weighted by atomic mass is 19.4. The zero-order valence-corrected chi connectivity index (χ0v) is 16.0. The number of anilines is 1. The van der Waals surface area contributed by atoms with Crippen LogP contribution in [0.15, 0.2) is 42.5 Å². The summed E-state index contributed by atoms with van der Waals surface area (Å²) in [7, 11) is 0. The van der Waals surface area contributed by atoms with Crippen molar-refractivity contribution in [3.8, 4) is 5.75 Å². The average molecular weight is 391 g/mol. The molecule has 1 amide bonds. The molecule has 1 aliphatic rings. The number of nitrogens with one attached hydrogen (secondary N) is 1. The largest absolute Gasteiger partial charge is 0.493 e. The van der Waals surface area contributed by atoms with E-state index in [-0.39, 0.29) is 24.0 Å². The second-order valence-electron chi connectivity index (χ2n) is 7.25. The Bertz CT molecular complexity index is 855. The summed E-state index contributed by atoms with van der Waals surface area (Å²) < 4.78 is 45.2.